The van der Waals surface area contributed by atoms with Gasteiger partial charge in [-0.2, -0.15) is 0 Å². The Kier molecular flexibility index (Phi) is 4.61. The van der Waals surface area contributed by atoms with Crippen LogP contribution in [0.3, 0.4) is 0 Å². The van der Waals surface area contributed by atoms with E-state index in [9.17, 15) is 0 Å². The predicted octanol–water partition coefficient (Wildman–Crippen LogP) is 2.90. The Hall–Kier alpha value is -1.06. The first kappa shape index (κ1) is 13.4. The van der Waals surface area contributed by atoms with E-state index in [0.29, 0.717) is 18.6 Å². The number of hydrogen-bond acceptors (Lipinski definition) is 3. The zero-order chi connectivity index (χ0) is 13.0. The van der Waals surface area contributed by atoms with Crippen molar-refractivity contribution in [3.8, 4) is 5.75 Å². The number of benzene rings is 1. The molecule has 0 radical (unpaired) electrons. The van der Waals surface area contributed by atoms with E-state index < -0.39 is 0 Å². The monoisotopic (exact) mass is 249 g/mol. The molecule has 1 heterocycles. The summed E-state index contributed by atoms with van der Waals surface area (Å²) in [5, 5.41) is 0. The van der Waals surface area contributed by atoms with E-state index in [1.165, 1.54) is 5.56 Å². The van der Waals surface area contributed by atoms with Crippen LogP contribution in [-0.2, 0) is 4.74 Å². The van der Waals surface area contributed by atoms with Crippen LogP contribution in [0.4, 0.5) is 0 Å². The highest BCUT2D eigenvalue weighted by atomic mass is 16.5. The second-order valence-electron chi connectivity index (χ2n) is 4.80. The van der Waals surface area contributed by atoms with E-state index in [1.807, 2.05) is 19.1 Å². The van der Waals surface area contributed by atoms with Gasteiger partial charge in [-0.05, 0) is 37.5 Å². The third kappa shape index (κ3) is 2.85. The molecule has 0 amide bonds. The summed E-state index contributed by atoms with van der Waals surface area (Å²) in [4.78, 5) is 0. The Bertz CT molecular complexity index is 363. The van der Waals surface area contributed by atoms with Crippen LogP contribution in [-0.4, -0.2) is 19.3 Å². The van der Waals surface area contributed by atoms with Crippen LogP contribution in [0.1, 0.15) is 38.3 Å². The second kappa shape index (κ2) is 6.21. The van der Waals surface area contributed by atoms with Crippen molar-refractivity contribution < 1.29 is 9.47 Å². The third-order valence-corrected chi connectivity index (χ3v) is 3.70. The molecule has 1 aliphatic heterocycles. The molecule has 0 aromatic heterocycles. The van der Waals surface area contributed by atoms with E-state index in [4.69, 9.17) is 15.2 Å². The van der Waals surface area contributed by atoms with Crippen molar-refractivity contribution in [3.63, 3.8) is 0 Å². The predicted molar refractivity (Wildman–Crippen MR) is 72.7 cm³/mol. The molecule has 0 bridgehead atoms. The standard InChI is InChI=1S/C15H23NO2/c1-3-14-13(9-10-18-14)15(16)11-5-7-12(8-6-11)17-4-2/h5-8,13-15H,3-4,9-10,16H2,1-2H3. The van der Waals surface area contributed by atoms with Crippen LogP contribution < -0.4 is 10.5 Å². The van der Waals surface area contributed by atoms with Crippen molar-refractivity contribution in [2.75, 3.05) is 13.2 Å². The Labute approximate surface area is 109 Å². The summed E-state index contributed by atoms with van der Waals surface area (Å²) < 4.78 is 11.2. The molecule has 18 heavy (non-hydrogen) atoms. The van der Waals surface area contributed by atoms with Gasteiger partial charge in [-0.15, -0.1) is 0 Å². The van der Waals surface area contributed by atoms with Gasteiger partial charge in [0.15, 0.2) is 0 Å². The van der Waals surface area contributed by atoms with E-state index in [-0.39, 0.29) is 6.04 Å². The largest absolute Gasteiger partial charge is 0.494 e. The number of rotatable bonds is 5. The smallest absolute Gasteiger partial charge is 0.119 e. The van der Waals surface area contributed by atoms with Crippen LogP contribution in [0.15, 0.2) is 24.3 Å². The van der Waals surface area contributed by atoms with Crippen molar-refractivity contribution in [2.24, 2.45) is 11.7 Å². The molecular weight excluding hydrogens is 226 g/mol. The number of nitrogens with two attached hydrogens (primary N) is 1. The van der Waals surface area contributed by atoms with E-state index in [0.717, 1.165) is 25.2 Å². The zero-order valence-corrected chi connectivity index (χ0v) is 11.3. The maximum absolute atomic E-state index is 6.37. The number of hydrogen-bond donors (Lipinski definition) is 1. The van der Waals surface area contributed by atoms with Crippen LogP contribution in [0.5, 0.6) is 5.75 Å². The lowest BCUT2D eigenvalue weighted by Crippen LogP contribution is -2.27. The van der Waals surface area contributed by atoms with Crippen molar-refractivity contribution in [2.45, 2.75) is 38.8 Å². The van der Waals surface area contributed by atoms with Gasteiger partial charge in [0.1, 0.15) is 5.75 Å². The first-order valence-corrected chi connectivity index (χ1v) is 6.86. The lowest BCUT2D eigenvalue weighted by molar-refractivity contribution is 0.0813. The Morgan fingerprint density at radius 2 is 2.06 bits per heavy atom. The topological polar surface area (TPSA) is 44.5 Å². The molecule has 100 valence electrons. The normalized spacial score (nSPS) is 25.1. The third-order valence-electron chi connectivity index (χ3n) is 3.70. The molecular formula is C15H23NO2. The maximum Gasteiger partial charge on any atom is 0.119 e. The van der Waals surface area contributed by atoms with Gasteiger partial charge in [0.2, 0.25) is 0 Å². The van der Waals surface area contributed by atoms with Gasteiger partial charge in [-0.25, -0.2) is 0 Å². The molecule has 1 fully saturated rings. The fourth-order valence-corrected chi connectivity index (χ4v) is 2.70. The Morgan fingerprint density at radius 1 is 1.33 bits per heavy atom. The van der Waals surface area contributed by atoms with Gasteiger partial charge >= 0.3 is 0 Å². The highest BCUT2D eigenvalue weighted by Gasteiger charge is 2.32. The molecule has 2 rings (SSSR count). The second-order valence-corrected chi connectivity index (χ2v) is 4.80. The molecule has 3 nitrogen and oxygen atoms in total. The lowest BCUT2D eigenvalue weighted by atomic mass is 9.87. The first-order valence-electron chi connectivity index (χ1n) is 6.86. The zero-order valence-electron chi connectivity index (χ0n) is 11.3. The summed E-state index contributed by atoms with van der Waals surface area (Å²) in [6, 6.07) is 8.19. The summed E-state index contributed by atoms with van der Waals surface area (Å²) in [7, 11) is 0. The van der Waals surface area contributed by atoms with Crippen molar-refractivity contribution in [1.82, 2.24) is 0 Å². The SMILES string of the molecule is CCOc1ccc(C(N)C2CCOC2CC)cc1. The van der Waals surface area contributed by atoms with Gasteiger partial charge < -0.3 is 15.2 Å². The quantitative estimate of drug-likeness (QED) is 0.872. The van der Waals surface area contributed by atoms with Crippen molar-refractivity contribution >= 4 is 0 Å². The highest BCUT2D eigenvalue weighted by Crippen LogP contribution is 2.33. The van der Waals surface area contributed by atoms with E-state index in [1.54, 1.807) is 0 Å². The first-order chi connectivity index (χ1) is 8.76. The summed E-state index contributed by atoms with van der Waals surface area (Å²) in [6.45, 7) is 5.68. The molecule has 1 saturated heterocycles. The Balaban J connectivity index is 2.05. The van der Waals surface area contributed by atoms with Crippen LogP contribution >= 0.6 is 0 Å². The van der Waals surface area contributed by atoms with Crippen LogP contribution in [0, 0.1) is 5.92 Å². The summed E-state index contributed by atoms with van der Waals surface area (Å²) in [5.41, 5.74) is 7.54. The van der Waals surface area contributed by atoms with Crippen LogP contribution in [0.2, 0.25) is 0 Å². The van der Waals surface area contributed by atoms with Crippen molar-refractivity contribution in [3.05, 3.63) is 29.8 Å². The van der Waals surface area contributed by atoms with Gasteiger partial charge in [-0.3, -0.25) is 0 Å². The van der Waals surface area contributed by atoms with E-state index in [2.05, 4.69) is 19.1 Å². The number of ether oxygens (including phenoxy) is 2. The van der Waals surface area contributed by atoms with Gasteiger partial charge in [0.05, 0.1) is 12.7 Å². The minimum absolute atomic E-state index is 0.0631. The molecule has 3 atom stereocenters. The minimum atomic E-state index is 0.0631. The molecule has 0 saturated carbocycles. The summed E-state index contributed by atoms with van der Waals surface area (Å²) in [5.74, 6) is 1.34. The van der Waals surface area contributed by atoms with Gasteiger partial charge in [0, 0.05) is 18.6 Å². The fourth-order valence-electron chi connectivity index (χ4n) is 2.70. The molecule has 2 N–H and O–H groups in total. The average Bonchev–Trinajstić information content (AvgIpc) is 2.87. The minimum Gasteiger partial charge on any atom is -0.494 e. The molecule has 0 aliphatic carbocycles. The Morgan fingerprint density at radius 3 is 2.67 bits per heavy atom. The van der Waals surface area contributed by atoms with Crippen LogP contribution in [0.25, 0.3) is 0 Å². The molecule has 3 heteroatoms. The summed E-state index contributed by atoms with van der Waals surface area (Å²) in [6.07, 6.45) is 2.41. The van der Waals surface area contributed by atoms with Gasteiger partial charge in [-0.1, -0.05) is 19.1 Å². The average molecular weight is 249 g/mol. The van der Waals surface area contributed by atoms with Gasteiger partial charge in [0.25, 0.3) is 0 Å². The molecule has 0 spiro atoms. The fraction of sp³-hybridized carbons (Fsp3) is 0.600. The van der Waals surface area contributed by atoms with Crippen molar-refractivity contribution in [1.29, 1.82) is 0 Å². The van der Waals surface area contributed by atoms with E-state index >= 15 is 0 Å². The molecule has 1 aliphatic rings. The maximum atomic E-state index is 6.37. The molecule has 1 aromatic rings. The highest BCUT2D eigenvalue weighted by molar-refractivity contribution is 5.29. The molecule has 1 aromatic carbocycles. The summed E-state index contributed by atoms with van der Waals surface area (Å²) >= 11 is 0. The molecule has 3 unspecified atom stereocenters. The lowest BCUT2D eigenvalue weighted by Gasteiger charge is -2.24.